The van der Waals surface area contributed by atoms with Gasteiger partial charge in [-0.15, -0.1) is 0 Å². The smallest absolute Gasteiger partial charge is 0.224 e. The zero-order chi connectivity index (χ0) is 12.3. The molecule has 0 aliphatic carbocycles. The summed E-state index contributed by atoms with van der Waals surface area (Å²) in [5, 5.41) is 0. The van der Waals surface area contributed by atoms with Crippen molar-refractivity contribution in [3.05, 3.63) is 29.8 Å². The van der Waals surface area contributed by atoms with Gasteiger partial charge in [0.2, 0.25) is 5.91 Å². The van der Waals surface area contributed by atoms with E-state index in [9.17, 15) is 13.2 Å². The summed E-state index contributed by atoms with van der Waals surface area (Å²) in [6.45, 7) is 3.28. The summed E-state index contributed by atoms with van der Waals surface area (Å²) in [6, 6.07) is 6.26. The van der Waals surface area contributed by atoms with Crippen LogP contribution in [0.4, 0.5) is 0 Å². The maximum atomic E-state index is 11.5. The lowest BCUT2D eigenvalue weighted by Gasteiger charge is -2.08. The molecule has 0 aromatic heterocycles. The number of benzene rings is 1. The average Bonchev–Trinajstić information content (AvgIpc) is 2.28. The van der Waals surface area contributed by atoms with E-state index >= 15 is 0 Å². The molecule has 88 valence electrons. The minimum Gasteiger partial charge on any atom is -0.369 e. The number of hydrogen-bond donors (Lipinski definition) is 1. The molecule has 0 saturated heterocycles. The first kappa shape index (κ1) is 12.7. The van der Waals surface area contributed by atoms with Crippen molar-refractivity contribution in [2.75, 3.05) is 5.75 Å². The molecule has 0 radical (unpaired) electrons. The number of primary amides is 1. The SMILES string of the molecule is CCS(=O)(=O)c1ccc(C(C)C(N)=O)cc1. The fourth-order valence-electron chi connectivity index (χ4n) is 1.29. The second-order valence-corrected chi connectivity index (χ2v) is 5.87. The Morgan fingerprint density at radius 2 is 1.81 bits per heavy atom. The van der Waals surface area contributed by atoms with Gasteiger partial charge < -0.3 is 5.73 Å². The molecule has 0 spiro atoms. The Morgan fingerprint density at radius 3 is 2.19 bits per heavy atom. The van der Waals surface area contributed by atoms with Crippen LogP contribution in [0.1, 0.15) is 25.3 Å². The number of rotatable bonds is 4. The van der Waals surface area contributed by atoms with Crippen LogP contribution in [0.3, 0.4) is 0 Å². The van der Waals surface area contributed by atoms with Gasteiger partial charge in [-0.25, -0.2) is 8.42 Å². The minimum absolute atomic E-state index is 0.0672. The van der Waals surface area contributed by atoms with E-state index in [1.54, 1.807) is 26.0 Å². The van der Waals surface area contributed by atoms with E-state index in [1.165, 1.54) is 12.1 Å². The monoisotopic (exact) mass is 241 g/mol. The molecular weight excluding hydrogens is 226 g/mol. The van der Waals surface area contributed by atoms with Crippen molar-refractivity contribution in [2.24, 2.45) is 5.73 Å². The number of carbonyl (C=O) groups is 1. The van der Waals surface area contributed by atoms with Crippen LogP contribution in [-0.4, -0.2) is 20.1 Å². The van der Waals surface area contributed by atoms with Gasteiger partial charge in [0.15, 0.2) is 9.84 Å². The summed E-state index contributed by atoms with van der Waals surface area (Å²) in [5.41, 5.74) is 5.89. The normalized spacial score (nSPS) is 13.4. The molecule has 0 heterocycles. The van der Waals surface area contributed by atoms with E-state index in [-0.39, 0.29) is 10.6 Å². The van der Waals surface area contributed by atoms with Crippen molar-refractivity contribution in [3.8, 4) is 0 Å². The summed E-state index contributed by atoms with van der Waals surface area (Å²) >= 11 is 0. The second-order valence-electron chi connectivity index (χ2n) is 3.60. The highest BCUT2D eigenvalue weighted by atomic mass is 32.2. The lowest BCUT2D eigenvalue weighted by molar-refractivity contribution is -0.119. The maximum absolute atomic E-state index is 11.5. The Morgan fingerprint density at radius 1 is 1.31 bits per heavy atom. The summed E-state index contributed by atoms with van der Waals surface area (Å²) in [4.78, 5) is 11.2. The van der Waals surface area contributed by atoms with Crippen molar-refractivity contribution in [1.82, 2.24) is 0 Å². The van der Waals surface area contributed by atoms with Gasteiger partial charge in [-0.1, -0.05) is 19.1 Å². The number of carbonyl (C=O) groups excluding carboxylic acids is 1. The van der Waals surface area contributed by atoms with E-state index in [4.69, 9.17) is 5.73 Å². The first-order valence-corrected chi connectivity index (χ1v) is 6.65. The number of amides is 1. The third-order valence-electron chi connectivity index (χ3n) is 2.55. The van der Waals surface area contributed by atoms with Crippen LogP contribution in [0.25, 0.3) is 0 Å². The van der Waals surface area contributed by atoms with Crippen LogP contribution in [0.15, 0.2) is 29.2 Å². The number of hydrogen-bond acceptors (Lipinski definition) is 3. The number of nitrogens with two attached hydrogens (primary N) is 1. The Labute approximate surface area is 95.4 Å². The summed E-state index contributed by atoms with van der Waals surface area (Å²) < 4.78 is 23.0. The van der Waals surface area contributed by atoms with Crippen molar-refractivity contribution < 1.29 is 13.2 Å². The summed E-state index contributed by atoms with van der Waals surface area (Å²) in [5.74, 6) is -0.762. The van der Waals surface area contributed by atoms with Crippen LogP contribution in [0.5, 0.6) is 0 Å². The van der Waals surface area contributed by atoms with Gasteiger partial charge in [0.25, 0.3) is 0 Å². The zero-order valence-electron chi connectivity index (χ0n) is 9.30. The van der Waals surface area contributed by atoms with Crippen molar-refractivity contribution in [3.63, 3.8) is 0 Å². The highest BCUT2D eigenvalue weighted by Crippen LogP contribution is 2.18. The van der Waals surface area contributed by atoms with E-state index < -0.39 is 21.7 Å². The summed E-state index contributed by atoms with van der Waals surface area (Å²) in [6.07, 6.45) is 0. The van der Waals surface area contributed by atoms with Gasteiger partial charge in [0, 0.05) is 0 Å². The van der Waals surface area contributed by atoms with Crippen molar-refractivity contribution in [2.45, 2.75) is 24.7 Å². The molecule has 1 aromatic carbocycles. The lowest BCUT2D eigenvalue weighted by atomic mass is 10.0. The zero-order valence-corrected chi connectivity index (χ0v) is 10.1. The molecule has 4 nitrogen and oxygen atoms in total. The van der Waals surface area contributed by atoms with Crippen molar-refractivity contribution in [1.29, 1.82) is 0 Å². The highest BCUT2D eigenvalue weighted by molar-refractivity contribution is 7.91. The molecule has 0 fully saturated rings. The molecule has 0 aliphatic heterocycles. The topological polar surface area (TPSA) is 77.2 Å². The lowest BCUT2D eigenvalue weighted by Crippen LogP contribution is -2.18. The Balaban J connectivity index is 3.05. The molecule has 2 N–H and O–H groups in total. The third kappa shape index (κ3) is 2.61. The first-order valence-electron chi connectivity index (χ1n) is 5.00. The highest BCUT2D eigenvalue weighted by Gasteiger charge is 2.14. The van der Waals surface area contributed by atoms with Gasteiger partial charge in [0.05, 0.1) is 16.6 Å². The van der Waals surface area contributed by atoms with Crippen LogP contribution in [-0.2, 0) is 14.6 Å². The van der Waals surface area contributed by atoms with Crippen LogP contribution < -0.4 is 5.73 Å². The molecular formula is C11H15NO3S. The minimum atomic E-state index is -3.18. The summed E-state index contributed by atoms with van der Waals surface area (Å²) in [7, 11) is -3.18. The van der Waals surface area contributed by atoms with Gasteiger partial charge in [-0.2, -0.15) is 0 Å². The fraction of sp³-hybridized carbons (Fsp3) is 0.364. The molecule has 5 heteroatoms. The van der Waals surface area contributed by atoms with Crippen LogP contribution >= 0.6 is 0 Å². The molecule has 1 amide bonds. The van der Waals surface area contributed by atoms with Gasteiger partial charge >= 0.3 is 0 Å². The van der Waals surface area contributed by atoms with E-state index in [0.717, 1.165) is 5.56 Å². The average molecular weight is 241 g/mol. The standard InChI is InChI=1S/C11H15NO3S/c1-3-16(14,15)10-6-4-9(5-7-10)8(2)11(12)13/h4-8H,3H2,1-2H3,(H2,12,13). The number of sulfone groups is 1. The largest absolute Gasteiger partial charge is 0.369 e. The maximum Gasteiger partial charge on any atom is 0.224 e. The molecule has 1 unspecified atom stereocenters. The van der Waals surface area contributed by atoms with Crippen LogP contribution in [0, 0.1) is 0 Å². The molecule has 1 aromatic rings. The predicted molar refractivity (Wildman–Crippen MR) is 61.8 cm³/mol. The predicted octanol–water partition coefficient (Wildman–Crippen LogP) is 1.07. The van der Waals surface area contributed by atoms with Crippen LogP contribution in [0.2, 0.25) is 0 Å². The third-order valence-corrected chi connectivity index (χ3v) is 4.30. The van der Waals surface area contributed by atoms with Gasteiger partial charge in [-0.05, 0) is 24.6 Å². The Hall–Kier alpha value is -1.36. The quantitative estimate of drug-likeness (QED) is 0.856. The fourth-order valence-corrected chi connectivity index (χ4v) is 2.18. The molecule has 1 rings (SSSR count). The molecule has 1 atom stereocenters. The molecule has 0 aliphatic rings. The Bertz CT molecular complexity index is 476. The molecule has 16 heavy (non-hydrogen) atoms. The van der Waals surface area contributed by atoms with E-state index in [0.29, 0.717) is 0 Å². The second kappa shape index (κ2) is 4.65. The first-order chi connectivity index (χ1) is 7.38. The van der Waals surface area contributed by atoms with E-state index in [2.05, 4.69) is 0 Å². The molecule has 0 bridgehead atoms. The van der Waals surface area contributed by atoms with E-state index in [1.807, 2.05) is 0 Å². The van der Waals surface area contributed by atoms with Gasteiger partial charge in [0.1, 0.15) is 0 Å². The Kier molecular flexibility index (Phi) is 3.70. The molecule has 0 saturated carbocycles. The van der Waals surface area contributed by atoms with Crippen molar-refractivity contribution >= 4 is 15.7 Å². The van der Waals surface area contributed by atoms with Gasteiger partial charge in [-0.3, -0.25) is 4.79 Å².